The summed E-state index contributed by atoms with van der Waals surface area (Å²) in [6.45, 7) is 9.20. The Labute approximate surface area is 130 Å². The highest BCUT2D eigenvalue weighted by Crippen LogP contribution is 2.19. The van der Waals surface area contributed by atoms with Crippen LogP contribution in [0.2, 0.25) is 0 Å². The topological polar surface area (TPSA) is 18.5 Å². The van der Waals surface area contributed by atoms with Gasteiger partial charge in [-0.1, -0.05) is 33.3 Å². The molecule has 1 rings (SSSR count). The van der Waals surface area contributed by atoms with Crippen molar-refractivity contribution >= 4 is 0 Å². The van der Waals surface area contributed by atoms with Gasteiger partial charge in [-0.05, 0) is 61.8 Å². The van der Waals surface area contributed by atoms with E-state index in [4.69, 9.17) is 9.47 Å². The van der Waals surface area contributed by atoms with Crippen molar-refractivity contribution in [3.8, 4) is 5.75 Å². The molecule has 0 heterocycles. The second-order valence-corrected chi connectivity index (χ2v) is 5.51. The van der Waals surface area contributed by atoms with Gasteiger partial charge in [0.05, 0.1) is 6.61 Å². The minimum absolute atomic E-state index is 0.824. The smallest absolute Gasteiger partial charge is 0.119 e. The first-order valence-electron chi connectivity index (χ1n) is 8.64. The molecule has 21 heavy (non-hydrogen) atoms. The van der Waals surface area contributed by atoms with Crippen LogP contribution in [0.5, 0.6) is 5.75 Å². The SMILES string of the molecule is CCCOCCCCCCOc1ccc(CC)c(CC)c1. The Morgan fingerprint density at radius 1 is 0.762 bits per heavy atom. The van der Waals surface area contributed by atoms with Crippen LogP contribution in [0.3, 0.4) is 0 Å². The van der Waals surface area contributed by atoms with E-state index in [1.807, 2.05) is 0 Å². The van der Waals surface area contributed by atoms with E-state index in [0.717, 1.165) is 51.3 Å². The van der Waals surface area contributed by atoms with Gasteiger partial charge < -0.3 is 9.47 Å². The number of benzene rings is 1. The molecular formula is C19H32O2. The second kappa shape index (κ2) is 11.6. The lowest BCUT2D eigenvalue weighted by Crippen LogP contribution is -2.00. The molecule has 0 radical (unpaired) electrons. The van der Waals surface area contributed by atoms with Crippen molar-refractivity contribution < 1.29 is 9.47 Å². The first-order valence-corrected chi connectivity index (χ1v) is 8.64. The van der Waals surface area contributed by atoms with Crippen LogP contribution in [0.15, 0.2) is 18.2 Å². The lowest BCUT2D eigenvalue weighted by molar-refractivity contribution is 0.130. The Hall–Kier alpha value is -1.02. The van der Waals surface area contributed by atoms with E-state index < -0.39 is 0 Å². The first kappa shape index (κ1) is 18.0. The van der Waals surface area contributed by atoms with E-state index in [9.17, 15) is 0 Å². The Morgan fingerprint density at radius 3 is 2.14 bits per heavy atom. The Kier molecular flexibility index (Phi) is 9.98. The van der Waals surface area contributed by atoms with Gasteiger partial charge in [0.25, 0.3) is 0 Å². The first-order chi connectivity index (χ1) is 10.3. The highest BCUT2D eigenvalue weighted by Gasteiger charge is 2.01. The van der Waals surface area contributed by atoms with Gasteiger partial charge >= 0.3 is 0 Å². The molecule has 1 aromatic rings. The summed E-state index contributed by atoms with van der Waals surface area (Å²) < 4.78 is 11.3. The molecule has 120 valence electrons. The van der Waals surface area contributed by atoms with Gasteiger partial charge in [-0.3, -0.25) is 0 Å². The molecule has 2 nitrogen and oxygen atoms in total. The van der Waals surface area contributed by atoms with Crippen molar-refractivity contribution in [3.05, 3.63) is 29.3 Å². The lowest BCUT2D eigenvalue weighted by atomic mass is 10.0. The molecule has 0 aliphatic rings. The fourth-order valence-corrected chi connectivity index (χ4v) is 2.46. The van der Waals surface area contributed by atoms with E-state index >= 15 is 0 Å². The van der Waals surface area contributed by atoms with Crippen molar-refractivity contribution in [2.24, 2.45) is 0 Å². The molecule has 0 fully saturated rings. The van der Waals surface area contributed by atoms with Crippen molar-refractivity contribution in [3.63, 3.8) is 0 Å². The van der Waals surface area contributed by atoms with Gasteiger partial charge in [0, 0.05) is 13.2 Å². The molecule has 2 heteroatoms. The number of ether oxygens (including phenoxy) is 2. The van der Waals surface area contributed by atoms with Crippen LogP contribution in [0.1, 0.15) is 64.0 Å². The van der Waals surface area contributed by atoms with Crippen molar-refractivity contribution in [1.82, 2.24) is 0 Å². The number of hydrogen-bond donors (Lipinski definition) is 0. The van der Waals surface area contributed by atoms with Crippen LogP contribution in [-0.4, -0.2) is 19.8 Å². The number of hydrogen-bond acceptors (Lipinski definition) is 2. The maximum atomic E-state index is 5.86. The van der Waals surface area contributed by atoms with Crippen LogP contribution < -0.4 is 4.74 Å². The minimum atomic E-state index is 0.824. The Balaban J connectivity index is 2.12. The average molecular weight is 292 g/mol. The average Bonchev–Trinajstić information content (AvgIpc) is 2.53. The summed E-state index contributed by atoms with van der Waals surface area (Å²) in [4.78, 5) is 0. The quantitative estimate of drug-likeness (QED) is 0.494. The van der Waals surface area contributed by atoms with Gasteiger partial charge in [0.2, 0.25) is 0 Å². The molecule has 0 saturated carbocycles. The predicted octanol–water partition coefficient (Wildman–Crippen LogP) is 5.18. The number of aryl methyl sites for hydroxylation is 2. The minimum Gasteiger partial charge on any atom is -0.494 e. The van der Waals surface area contributed by atoms with Crippen molar-refractivity contribution in [2.45, 2.75) is 65.7 Å². The third-order valence-corrected chi connectivity index (χ3v) is 3.74. The monoisotopic (exact) mass is 292 g/mol. The highest BCUT2D eigenvalue weighted by molar-refractivity contribution is 5.35. The maximum absolute atomic E-state index is 5.86. The summed E-state index contributed by atoms with van der Waals surface area (Å²) in [5.74, 6) is 1.02. The fourth-order valence-electron chi connectivity index (χ4n) is 2.46. The van der Waals surface area contributed by atoms with Crippen molar-refractivity contribution in [1.29, 1.82) is 0 Å². The molecule has 0 atom stereocenters. The fraction of sp³-hybridized carbons (Fsp3) is 0.684. The van der Waals surface area contributed by atoms with Gasteiger partial charge in [-0.15, -0.1) is 0 Å². The molecule has 0 unspecified atom stereocenters. The molecule has 0 aliphatic heterocycles. The van der Waals surface area contributed by atoms with Gasteiger partial charge in [0.1, 0.15) is 5.75 Å². The van der Waals surface area contributed by atoms with Crippen LogP contribution >= 0.6 is 0 Å². The van der Waals surface area contributed by atoms with E-state index in [2.05, 4.69) is 39.0 Å². The van der Waals surface area contributed by atoms with Crippen molar-refractivity contribution in [2.75, 3.05) is 19.8 Å². The molecule has 0 spiro atoms. The zero-order chi connectivity index (χ0) is 15.3. The van der Waals surface area contributed by atoms with E-state index in [0.29, 0.717) is 0 Å². The molecule has 0 aliphatic carbocycles. The van der Waals surface area contributed by atoms with E-state index in [1.54, 1.807) is 0 Å². The molecule has 0 N–H and O–H groups in total. The largest absolute Gasteiger partial charge is 0.494 e. The zero-order valence-electron chi connectivity index (χ0n) is 14.1. The normalized spacial score (nSPS) is 10.8. The van der Waals surface area contributed by atoms with Crippen LogP contribution in [-0.2, 0) is 17.6 Å². The molecule has 1 aromatic carbocycles. The molecular weight excluding hydrogens is 260 g/mol. The predicted molar refractivity (Wildman–Crippen MR) is 90.3 cm³/mol. The van der Waals surface area contributed by atoms with Crippen LogP contribution in [0, 0.1) is 0 Å². The van der Waals surface area contributed by atoms with Gasteiger partial charge in [-0.2, -0.15) is 0 Å². The zero-order valence-corrected chi connectivity index (χ0v) is 14.1. The summed E-state index contributed by atoms with van der Waals surface area (Å²) in [5.41, 5.74) is 2.86. The molecule has 0 bridgehead atoms. The summed E-state index contributed by atoms with van der Waals surface area (Å²) in [5, 5.41) is 0. The maximum Gasteiger partial charge on any atom is 0.119 e. The lowest BCUT2D eigenvalue weighted by Gasteiger charge is -2.10. The standard InChI is InChI=1S/C19H32O2/c1-4-13-20-14-9-7-8-10-15-21-19-12-11-17(5-2)18(6-3)16-19/h11-12,16H,4-10,13-15H2,1-3H3. The summed E-state index contributed by atoms with van der Waals surface area (Å²) >= 11 is 0. The third kappa shape index (κ3) is 7.52. The second-order valence-electron chi connectivity index (χ2n) is 5.51. The summed E-state index contributed by atoms with van der Waals surface area (Å²) in [7, 11) is 0. The van der Waals surface area contributed by atoms with Crippen LogP contribution in [0.4, 0.5) is 0 Å². The highest BCUT2D eigenvalue weighted by atomic mass is 16.5. The molecule has 0 amide bonds. The molecule has 0 saturated heterocycles. The third-order valence-electron chi connectivity index (χ3n) is 3.74. The Morgan fingerprint density at radius 2 is 1.48 bits per heavy atom. The van der Waals surface area contributed by atoms with Gasteiger partial charge in [0.15, 0.2) is 0 Å². The van der Waals surface area contributed by atoms with E-state index in [-0.39, 0.29) is 0 Å². The number of unbranched alkanes of at least 4 members (excludes halogenated alkanes) is 3. The van der Waals surface area contributed by atoms with Gasteiger partial charge in [-0.25, -0.2) is 0 Å². The summed E-state index contributed by atoms with van der Waals surface area (Å²) in [6.07, 6.45) is 8.06. The van der Waals surface area contributed by atoms with E-state index in [1.165, 1.54) is 30.4 Å². The number of rotatable bonds is 12. The molecule has 0 aromatic heterocycles. The Bertz CT molecular complexity index is 374. The van der Waals surface area contributed by atoms with Crippen LogP contribution in [0.25, 0.3) is 0 Å². The summed E-state index contributed by atoms with van der Waals surface area (Å²) in [6, 6.07) is 6.52.